The van der Waals surface area contributed by atoms with Gasteiger partial charge in [0.1, 0.15) is 0 Å². The molecule has 2 nitrogen and oxygen atoms in total. The highest BCUT2D eigenvalue weighted by Crippen LogP contribution is 2.28. The average Bonchev–Trinajstić information content (AvgIpc) is 2.47. The second-order valence-corrected chi connectivity index (χ2v) is 5.37. The second-order valence-electron chi connectivity index (χ2n) is 5.37. The van der Waals surface area contributed by atoms with Crippen molar-refractivity contribution in [1.82, 2.24) is 4.90 Å². The Kier molecular flexibility index (Phi) is 4.40. The molecule has 0 radical (unpaired) electrons. The molecule has 0 aliphatic heterocycles. The summed E-state index contributed by atoms with van der Waals surface area (Å²) >= 11 is 0. The number of amides is 1. The highest BCUT2D eigenvalue weighted by atomic mass is 16.2. The smallest absolute Gasteiger partial charge is 0.225 e. The van der Waals surface area contributed by atoms with Gasteiger partial charge in [0.15, 0.2) is 0 Å². The van der Waals surface area contributed by atoms with Gasteiger partial charge >= 0.3 is 0 Å². The van der Waals surface area contributed by atoms with Crippen LogP contribution in [0, 0.1) is 5.92 Å². The molecule has 1 fully saturated rings. The fourth-order valence-electron chi connectivity index (χ4n) is 2.78. The van der Waals surface area contributed by atoms with Gasteiger partial charge in [0, 0.05) is 13.0 Å². The van der Waals surface area contributed by atoms with Crippen LogP contribution in [-0.2, 0) is 4.79 Å². The van der Waals surface area contributed by atoms with Gasteiger partial charge in [0.2, 0.25) is 5.91 Å². The summed E-state index contributed by atoms with van der Waals surface area (Å²) in [6.07, 6.45) is 5.87. The van der Waals surface area contributed by atoms with E-state index in [0.717, 1.165) is 12.8 Å². The maximum Gasteiger partial charge on any atom is 0.225 e. The van der Waals surface area contributed by atoms with Crippen LogP contribution < -0.4 is 0 Å². The van der Waals surface area contributed by atoms with Crippen LogP contribution in [0.25, 0.3) is 0 Å². The predicted octanol–water partition coefficient (Wildman–Crippen LogP) is 3.79. The lowest BCUT2D eigenvalue weighted by atomic mass is 9.88. The number of hydrogen-bond donors (Lipinski definition) is 0. The van der Waals surface area contributed by atoms with Gasteiger partial charge in [-0.2, -0.15) is 0 Å². The number of rotatable bonds is 3. The molecule has 1 saturated carbocycles. The Hall–Kier alpha value is -1.31. The van der Waals surface area contributed by atoms with Crippen LogP contribution in [0.3, 0.4) is 0 Å². The summed E-state index contributed by atoms with van der Waals surface area (Å²) in [6.45, 7) is 2.11. The van der Waals surface area contributed by atoms with E-state index in [-0.39, 0.29) is 12.0 Å². The zero-order valence-electron chi connectivity index (χ0n) is 11.4. The summed E-state index contributed by atoms with van der Waals surface area (Å²) in [5.41, 5.74) is 1.21. The fourth-order valence-corrected chi connectivity index (χ4v) is 2.78. The predicted molar refractivity (Wildman–Crippen MR) is 74.2 cm³/mol. The third kappa shape index (κ3) is 2.92. The Morgan fingerprint density at radius 3 is 2.39 bits per heavy atom. The molecule has 2 heteroatoms. The largest absolute Gasteiger partial charge is 0.339 e. The van der Waals surface area contributed by atoms with Gasteiger partial charge in [0.25, 0.3) is 0 Å². The van der Waals surface area contributed by atoms with Crippen LogP contribution in [0.5, 0.6) is 0 Å². The van der Waals surface area contributed by atoms with E-state index in [9.17, 15) is 4.79 Å². The molecule has 1 aliphatic carbocycles. The lowest BCUT2D eigenvalue weighted by Gasteiger charge is -2.31. The van der Waals surface area contributed by atoms with E-state index in [1.54, 1.807) is 0 Å². The van der Waals surface area contributed by atoms with Crippen molar-refractivity contribution in [3.05, 3.63) is 35.9 Å². The molecule has 1 atom stereocenters. The topological polar surface area (TPSA) is 20.3 Å². The molecule has 0 saturated heterocycles. The lowest BCUT2D eigenvalue weighted by molar-refractivity contribution is -0.137. The minimum atomic E-state index is 0.167. The van der Waals surface area contributed by atoms with E-state index in [4.69, 9.17) is 0 Å². The van der Waals surface area contributed by atoms with Crippen molar-refractivity contribution in [2.45, 2.75) is 45.1 Å². The first-order valence-electron chi connectivity index (χ1n) is 7.02. The number of carbonyl (C=O) groups excluding carboxylic acids is 1. The van der Waals surface area contributed by atoms with Crippen LogP contribution in [0.15, 0.2) is 30.3 Å². The summed E-state index contributed by atoms with van der Waals surface area (Å²) in [5.74, 6) is 0.584. The van der Waals surface area contributed by atoms with Crippen LogP contribution in [0.1, 0.15) is 50.6 Å². The number of hydrogen-bond acceptors (Lipinski definition) is 1. The lowest BCUT2D eigenvalue weighted by Crippen LogP contribution is -2.35. The minimum absolute atomic E-state index is 0.167. The van der Waals surface area contributed by atoms with Crippen molar-refractivity contribution in [3.8, 4) is 0 Å². The Morgan fingerprint density at radius 2 is 1.78 bits per heavy atom. The Bertz CT molecular complexity index is 381. The molecule has 1 unspecified atom stereocenters. The third-order valence-electron chi connectivity index (χ3n) is 4.16. The summed E-state index contributed by atoms with van der Waals surface area (Å²) in [5, 5.41) is 0. The Morgan fingerprint density at radius 1 is 1.17 bits per heavy atom. The Labute approximate surface area is 110 Å². The molecular formula is C16H23NO. The van der Waals surface area contributed by atoms with Crippen molar-refractivity contribution in [1.29, 1.82) is 0 Å². The molecule has 0 N–H and O–H groups in total. The van der Waals surface area contributed by atoms with Gasteiger partial charge in [-0.05, 0) is 25.3 Å². The standard InChI is InChI=1S/C16H23NO/c1-13(14-9-5-3-6-10-14)17(2)16(18)15-11-7-4-8-12-15/h3,5-6,9-10,13,15H,4,7-8,11-12H2,1-2H3. The summed E-state index contributed by atoms with van der Waals surface area (Å²) < 4.78 is 0. The maximum atomic E-state index is 12.4. The highest BCUT2D eigenvalue weighted by Gasteiger charge is 2.26. The van der Waals surface area contributed by atoms with Crippen molar-refractivity contribution in [2.24, 2.45) is 5.92 Å². The van der Waals surface area contributed by atoms with E-state index >= 15 is 0 Å². The molecule has 1 amide bonds. The molecule has 1 aromatic carbocycles. The second kappa shape index (κ2) is 6.03. The number of nitrogens with zero attached hydrogens (tertiary/aromatic N) is 1. The first-order chi connectivity index (χ1) is 8.70. The van der Waals surface area contributed by atoms with Crippen LogP contribution >= 0.6 is 0 Å². The Balaban J connectivity index is 2.01. The van der Waals surface area contributed by atoms with Gasteiger partial charge in [-0.3, -0.25) is 4.79 Å². The molecule has 98 valence electrons. The molecule has 0 aromatic heterocycles. The van der Waals surface area contributed by atoms with E-state index in [2.05, 4.69) is 19.1 Å². The molecule has 0 heterocycles. The maximum absolute atomic E-state index is 12.4. The summed E-state index contributed by atoms with van der Waals surface area (Å²) in [6, 6.07) is 10.4. The van der Waals surface area contributed by atoms with Gasteiger partial charge in [-0.25, -0.2) is 0 Å². The van der Waals surface area contributed by atoms with Crippen molar-refractivity contribution < 1.29 is 4.79 Å². The minimum Gasteiger partial charge on any atom is -0.339 e. The van der Waals surface area contributed by atoms with Crippen LogP contribution in [0.2, 0.25) is 0 Å². The van der Waals surface area contributed by atoms with Gasteiger partial charge in [-0.15, -0.1) is 0 Å². The SMILES string of the molecule is CC(c1ccccc1)N(C)C(=O)C1CCCCC1. The molecule has 0 spiro atoms. The van der Waals surface area contributed by atoms with Crippen molar-refractivity contribution in [3.63, 3.8) is 0 Å². The number of carbonyl (C=O) groups is 1. The van der Waals surface area contributed by atoms with Gasteiger partial charge in [0.05, 0.1) is 6.04 Å². The quantitative estimate of drug-likeness (QED) is 0.793. The molecule has 0 bridgehead atoms. The molecule has 2 rings (SSSR count). The zero-order valence-corrected chi connectivity index (χ0v) is 11.4. The first kappa shape index (κ1) is 13.1. The number of benzene rings is 1. The van der Waals surface area contributed by atoms with Crippen molar-refractivity contribution >= 4 is 5.91 Å². The highest BCUT2D eigenvalue weighted by molar-refractivity contribution is 5.79. The fraction of sp³-hybridized carbons (Fsp3) is 0.562. The zero-order chi connectivity index (χ0) is 13.0. The molecular weight excluding hydrogens is 222 g/mol. The van der Waals surface area contributed by atoms with Crippen LogP contribution in [0.4, 0.5) is 0 Å². The summed E-state index contributed by atoms with van der Waals surface area (Å²) in [7, 11) is 1.94. The first-order valence-corrected chi connectivity index (χ1v) is 7.02. The van der Waals surface area contributed by atoms with Gasteiger partial charge in [-0.1, -0.05) is 49.6 Å². The van der Waals surface area contributed by atoms with E-state index in [0.29, 0.717) is 5.91 Å². The summed E-state index contributed by atoms with van der Waals surface area (Å²) in [4.78, 5) is 14.4. The van der Waals surface area contributed by atoms with E-state index in [1.807, 2.05) is 30.1 Å². The van der Waals surface area contributed by atoms with Crippen molar-refractivity contribution in [2.75, 3.05) is 7.05 Å². The molecule has 1 aliphatic rings. The molecule has 1 aromatic rings. The van der Waals surface area contributed by atoms with Crippen LogP contribution in [-0.4, -0.2) is 17.9 Å². The van der Waals surface area contributed by atoms with Gasteiger partial charge < -0.3 is 4.90 Å². The normalized spacial score (nSPS) is 18.3. The van der Waals surface area contributed by atoms with E-state index in [1.165, 1.54) is 24.8 Å². The monoisotopic (exact) mass is 245 g/mol. The molecule has 18 heavy (non-hydrogen) atoms. The average molecular weight is 245 g/mol. The van der Waals surface area contributed by atoms with E-state index < -0.39 is 0 Å². The third-order valence-corrected chi connectivity index (χ3v) is 4.16.